The van der Waals surface area contributed by atoms with E-state index < -0.39 is 22.8 Å². The van der Waals surface area contributed by atoms with Crippen molar-refractivity contribution in [2.24, 2.45) is 10.8 Å². The lowest BCUT2D eigenvalue weighted by molar-refractivity contribution is -0.147. The number of rotatable bonds is 16. The minimum absolute atomic E-state index is 0.130. The average Bonchev–Trinajstić information content (AvgIpc) is 3.52. The molecular formula is C26H40O6. The lowest BCUT2D eigenvalue weighted by Gasteiger charge is -2.18. The van der Waals surface area contributed by atoms with E-state index in [2.05, 4.69) is 0 Å². The molecule has 0 atom stereocenters. The molecule has 0 unspecified atom stereocenters. The van der Waals surface area contributed by atoms with Crippen molar-refractivity contribution in [1.29, 1.82) is 0 Å². The number of phenols is 2. The minimum Gasteiger partial charge on any atom is -0.508 e. The van der Waals surface area contributed by atoms with Crippen LogP contribution in [-0.2, 0) is 22.4 Å². The quantitative estimate of drug-likeness (QED) is 0.229. The van der Waals surface area contributed by atoms with Crippen LogP contribution in [0.3, 0.4) is 0 Å². The van der Waals surface area contributed by atoms with E-state index in [9.17, 15) is 24.9 Å². The summed E-state index contributed by atoms with van der Waals surface area (Å²) in [6.07, 6.45) is 11.8. The topological polar surface area (TPSA) is 115 Å². The lowest BCUT2D eigenvalue weighted by Crippen LogP contribution is -2.23. The third-order valence-electron chi connectivity index (χ3n) is 7.06. The number of unbranched alkanes of at least 4 members (excludes halogenated alkanes) is 6. The summed E-state index contributed by atoms with van der Waals surface area (Å²) in [4.78, 5) is 22.4. The zero-order chi connectivity index (χ0) is 23.8. The van der Waals surface area contributed by atoms with Gasteiger partial charge in [-0.15, -0.1) is 0 Å². The zero-order valence-corrected chi connectivity index (χ0v) is 19.7. The normalized spacial score (nSPS) is 14.9. The molecule has 1 aromatic carbocycles. The van der Waals surface area contributed by atoms with Crippen molar-refractivity contribution in [1.82, 2.24) is 0 Å². The van der Waals surface area contributed by atoms with Crippen molar-refractivity contribution < 1.29 is 30.0 Å². The molecule has 1 saturated carbocycles. The highest BCUT2D eigenvalue weighted by atomic mass is 16.4. The van der Waals surface area contributed by atoms with E-state index in [0.717, 1.165) is 82.6 Å². The molecule has 1 fully saturated rings. The van der Waals surface area contributed by atoms with Gasteiger partial charge in [0, 0.05) is 5.56 Å². The second-order valence-corrected chi connectivity index (χ2v) is 10.2. The summed E-state index contributed by atoms with van der Waals surface area (Å²) in [6.45, 7) is 3.51. The van der Waals surface area contributed by atoms with Crippen molar-refractivity contribution in [3.8, 4) is 11.5 Å². The summed E-state index contributed by atoms with van der Waals surface area (Å²) < 4.78 is 0. The van der Waals surface area contributed by atoms with E-state index in [4.69, 9.17) is 5.11 Å². The first-order valence-corrected chi connectivity index (χ1v) is 12.1. The van der Waals surface area contributed by atoms with E-state index in [0.29, 0.717) is 18.4 Å². The van der Waals surface area contributed by atoms with Gasteiger partial charge in [0.1, 0.15) is 11.5 Å². The number of carboxylic acids is 2. The van der Waals surface area contributed by atoms with E-state index in [-0.39, 0.29) is 11.5 Å². The largest absolute Gasteiger partial charge is 0.508 e. The maximum absolute atomic E-state index is 11.2. The second-order valence-electron chi connectivity index (χ2n) is 10.2. The minimum atomic E-state index is -0.758. The molecule has 0 spiro atoms. The Hall–Kier alpha value is -2.24. The van der Waals surface area contributed by atoms with Crippen molar-refractivity contribution in [3.05, 3.63) is 23.3 Å². The Labute approximate surface area is 191 Å². The Balaban J connectivity index is 1.69. The fourth-order valence-corrected chi connectivity index (χ4v) is 4.31. The zero-order valence-electron chi connectivity index (χ0n) is 19.7. The molecule has 4 N–H and O–H groups in total. The third kappa shape index (κ3) is 7.42. The molecule has 6 nitrogen and oxygen atoms in total. The first-order valence-electron chi connectivity index (χ1n) is 12.1. The van der Waals surface area contributed by atoms with Gasteiger partial charge in [-0.2, -0.15) is 0 Å². The van der Waals surface area contributed by atoms with Gasteiger partial charge in [0.25, 0.3) is 0 Å². The molecule has 0 aromatic heterocycles. The fraction of sp³-hybridized carbons (Fsp3) is 0.692. The molecule has 32 heavy (non-hydrogen) atoms. The lowest BCUT2D eigenvalue weighted by atomic mass is 9.87. The smallest absolute Gasteiger partial charge is 0.309 e. The molecule has 0 radical (unpaired) electrons. The first kappa shape index (κ1) is 26.0. The highest BCUT2D eigenvalue weighted by Crippen LogP contribution is 2.50. The van der Waals surface area contributed by atoms with Crippen LogP contribution < -0.4 is 0 Å². The van der Waals surface area contributed by atoms with Crippen LogP contribution in [0.5, 0.6) is 11.5 Å². The number of aryl methyl sites for hydroxylation is 1. The molecule has 1 aliphatic carbocycles. The maximum atomic E-state index is 11.2. The molecule has 2 rings (SSSR count). The summed E-state index contributed by atoms with van der Waals surface area (Å²) >= 11 is 0. The van der Waals surface area contributed by atoms with Gasteiger partial charge in [-0.1, -0.05) is 44.6 Å². The van der Waals surface area contributed by atoms with Crippen molar-refractivity contribution in [2.45, 2.75) is 104 Å². The molecule has 1 aromatic rings. The van der Waals surface area contributed by atoms with Crippen molar-refractivity contribution in [3.63, 3.8) is 0 Å². The van der Waals surface area contributed by atoms with Crippen LogP contribution in [0.2, 0.25) is 0 Å². The molecule has 0 bridgehead atoms. The molecular weight excluding hydrogens is 408 g/mol. The van der Waals surface area contributed by atoms with E-state index in [1.54, 1.807) is 26.0 Å². The summed E-state index contributed by atoms with van der Waals surface area (Å²) in [5.41, 5.74) is 0.326. The number of phenolic OH excluding ortho intramolecular Hbond substituents is 2. The number of carbonyl (C=O) groups is 2. The number of aliphatic carboxylic acids is 2. The van der Waals surface area contributed by atoms with Gasteiger partial charge in [-0.3, -0.25) is 9.59 Å². The monoisotopic (exact) mass is 448 g/mol. The van der Waals surface area contributed by atoms with Gasteiger partial charge in [-0.25, -0.2) is 0 Å². The molecule has 0 aliphatic heterocycles. The van der Waals surface area contributed by atoms with Crippen LogP contribution in [0.25, 0.3) is 0 Å². The summed E-state index contributed by atoms with van der Waals surface area (Å²) in [7, 11) is 0. The van der Waals surface area contributed by atoms with Crippen molar-refractivity contribution in [2.75, 3.05) is 0 Å². The Morgan fingerprint density at radius 1 is 0.875 bits per heavy atom. The average molecular weight is 449 g/mol. The van der Waals surface area contributed by atoms with Crippen LogP contribution in [0.1, 0.15) is 102 Å². The number of hydrogen-bond donors (Lipinski definition) is 4. The van der Waals surface area contributed by atoms with Crippen LogP contribution >= 0.6 is 0 Å². The number of aromatic hydroxyl groups is 2. The van der Waals surface area contributed by atoms with Crippen molar-refractivity contribution >= 4 is 11.9 Å². The molecule has 0 heterocycles. The maximum Gasteiger partial charge on any atom is 0.309 e. The van der Waals surface area contributed by atoms with Gasteiger partial charge in [0.15, 0.2) is 0 Å². The van der Waals surface area contributed by atoms with E-state index in [1.807, 2.05) is 0 Å². The molecule has 0 amide bonds. The summed E-state index contributed by atoms with van der Waals surface area (Å²) in [6, 6.07) is 3.44. The first-order chi connectivity index (χ1) is 15.1. The van der Waals surface area contributed by atoms with Crippen LogP contribution in [0, 0.1) is 10.8 Å². The number of hydrogen-bond acceptors (Lipinski definition) is 4. The van der Waals surface area contributed by atoms with E-state index in [1.165, 1.54) is 0 Å². The molecule has 1 aliphatic rings. The Kier molecular flexibility index (Phi) is 9.41. The van der Waals surface area contributed by atoms with Gasteiger partial charge < -0.3 is 20.4 Å². The molecule has 180 valence electrons. The Bertz CT molecular complexity index is 779. The van der Waals surface area contributed by atoms with E-state index >= 15 is 0 Å². The molecule has 6 heteroatoms. The third-order valence-corrected chi connectivity index (χ3v) is 7.06. The van der Waals surface area contributed by atoms with Gasteiger partial charge in [0.2, 0.25) is 0 Å². The van der Waals surface area contributed by atoms with Gasteiger partial charge in [-0.05, 0) is 76.8 Å². The van der Waals surface area contributed by atoms with Gasteiger partial charge >= 0.3 is 11.9 Å². The summed E-state index contributed by atoms with van der Waals surface area (Å²) in [5.74, 6) is -1.09. The standard InChI is InChI=1S/C26H40O6/c1-25(2,23(29)30)15-9-5-3-7-11-19-13-14-21(27)20(22(19)28)12-8-4-6-10-16-26(17-18-26)24(31)32/h13-14,27-28H,3-12,15-18H2,1-2H3,(H,29,30)(H,31,32). The fourth-order valence-electron chi connectivity index (χ4n) is 4.31. The Morgan fingerprint density at radius 3 is 2.06 bits per heavy atom. The highest BCUT2D eigenvalue weighted by molar-refractivity contribution is 5.77. The predicted molar refractivity (Wildman–Crippen MR) is 124 cm³/mol. The van der Waals surface area contributed by atoms with Gasteiger partial charge in [0.05, 0.1) is 10.8 Å². The Morgan fingerprint density at radius 2 is 1.47 bits per heavy atom. The number of carboxylic acid groups (broad SMARTS) is 2. The molecule has 0 saturated heterocycles. The highest BCUT2D eigenvalue weighted by Gasteiger charge is 2.49. The SMILES string of the molecule is CC(C)(CCCCCCc1ccc(O)c(CCCCCCC2(C(=O)O)CC2)c1O)C(=O)O. The van der Waals surface area contributed by atoms with Crippen LogP contribution in [0.4, 0.5) is 0 Å². The van der Waals surface area contributed by atoms with Crippen LogP contribution in [0.15, 0.2) is 12.1 Å². The predicted octanol–water partition coefficient (Wildman–Crippen LogP) is 6.06. The number of benzene rings is 1. The second kappa shape index (κ2) is 11.6. The summed E-state index contributed by atoms with van der Waals surface area (Å²) in [5, 5.41) is 39.2. The van der Waals surface area contributed by atoms with Crippen LogP contribution in [-0.4, -0.2) is 32.4 Å².